The van der Waals surface area contributed by atoms with E-state index >= 15 is 0 Å². The molecule has 0 bridgehead atoms. The minimum Gasteiger partial charge on any atom is -0.330 e. The number of benzene rings is 3. The van der Waals surface area contributed by atoms with Crippen molar-refractivity contribution in [3.63, 3.8) is 0 Å². The third-order valence-electron chi connectivity index (χ3n) is 4.47. The Bertz CT molecular complexity index is 1180. The molecule has 0 saturated carbocycles. The number of imide groups is 1. The third-order valence-corrected chi connectivity index (χ3v) is 5.16. The molecule has 0 unspecified atom stereocenters. The van der Waals surface area contributed by atoms with Gasteiger partial charge in [0.15, 0.2) is 0 Å². The van der Waals surface area contributed by atoms with Crippen molar-refractivity contribution in [3.8, 4) is 0 Å². The molecule has 3 aromatic rings. The van der Waals surface area contributed by atoms with Gasteiger partial charge in [0.05, 0.1) is 11.1 Å². The van der Waals surface area contributed by atoms with Crippen molar-refractivity contribution in [1.82, 2.24) is 5.06 Å². The van der Waals surface area contributed by atoms with E-state index < -0.39 is 17.8 Å². The van der Waals surface area contributed by atoms with E-state index in [0.717, 1.165) is 17.7 Å². The van der Waals surface area contributed by atoms with Crippen molar-refractivity contribution in [1.29, 1.82) is 0 Å². The number of carbonyl (C=O) groups is 3. The highest BCUT2D eigenvalue weighted by Gasteiger charge is 2.43. The highest BCUT2D eigenvalue weighted by atomic mass is 79.9. The Morgan fingerprint density at radius 1 is 0.821 bits per heavy atom. The molecule has 138 valence electrons. The quantitative estimate of drug-likeness (QED) is 0.573. The van der Waals surface area contributed by atoms with Crippen molar-refractivity contribution >= 4 is 55.6 Å². The zero-order valence-electron chi connectivity index (χ0n) is 14.8. The summed E-state index contributed by atoms with van der Waals surface area (Å²) in [5.74, 6) is -2.08. The Hall–Kier alpha value is -3.25. The van der Waals surface area contributed by atoms with Crippen molar-refractivity contribution in [2.24, 2.45) is 0 Å². The first-order valence-electron chi connectivity index (χ1n) is 8.53. The van der Waals surface area contributed by atoms with E-state index in [2.05, 4.69) is 15.9 Å². The lowest BCUT2D eigenvalue weighted by Crippen LogP contribution is -2.33. The molecule has 0 aromatic heterocycles. The predicted molar refractivity (Wildman–Crippen MR) is 109 cm³/mol. The van der Waals surface area contributed by atoms with E-state index in [1.54, 1.807) is 24.3 Å². The van der Waals surface area contributed by atoms with Crippen LogP contribution >= 0.6 is 15.9 Å². The zero-order valence-corrected chi connectivity index (χ0v) is 16.4. The van der Waals surface area contributed by atoms with Gasteiger partial charge in [-0.2, -0.15) is 0 Å². The number of hydrogen-bond donors (Lipinski definition) is 0. The van der Waals surface area contributed by atoms with Gasteiger partial charge in [-0.1, -0.05) is 81.7 Å². The first kappa shape index (κ1) is 18.1. The first-order valence-corrected chi connectivity index (χ1v) is 9.33. The Morgan fingerprint density at radius 2 is 1.39 bits per heavy atom. The van der Waals surface area contributed by atoms with Crippen LogP contribution < -0.4 is 0 Å². The number of fused-ring (bicyclic) bond motifs is 1. The number of hydrogen-bond acceptors (Lipinski definition) is 4. The molecule has 0 aliphatic carbocycles. The smallest absolute Gasteiger partial charge is 0.330 e. The molecule has 4 rings (SSSR count). The maximum atomic E-state index is 13.1. The van der Waals surface area contributed by atoms with Crippen LogP contribution in [0.25, 0.3) is 21.9 Å². The normalized spacial score (nSPS) is 14.1. The fourth-order valence-electron chi connectivity index (χ4n) is 3.33. The van der Waals surface area contributed by atoms with Gasteiger partial charge in [-0.05, 0) is 22.4 Å². The lowest BCUT2D eigenvalue weighted by atomic mass is 9.93. The number of hydroxylamine groups is 2. The molecule has 28 heavy (non-hydrogen) atoms. The maximum Gasteiger partial charge on any atom is 0.330 e. The molecule has 3 aromatic carbocycles. The van der Waals surface area contributed by atoms with E-state index in [4.69, 9.17) is 4.84 Å². The Balaban J connectivity index is 2.03. The second kappa shape index (κ2) is 7.05. The zero-order chi connectivity index (χ0) is 19.8. The van der Waals surface area contributed by atoms with Crippen LogP contribution in [-0.4, -0.2) is 22.8 Å². The minimum atomic E-state index is -0.743. The van der Waals surface area contributed by atoms with Crippen LogP contribution in [-0.2, 0) is 19.2 Å². The molecular formula is C22H14BrNO4. The van der Waals surface area contributed by atoms with Gasteiger partial charge in [0, 0.05) is 17.0 Å². The van der Waals surface area contributed by atoms with Gasteiger partial charge in [0.1, 0.15) is 0 Å². The summed E-state index contributed by atoms with van der Waals surface area (Å²) in [5, 5.41) is 2.30. The largest absolute Gasteiger partial charge is 0.330 e. The van der Waals surface area contributed by atoms with E-state index in [0.29, 0.717) is 20.7 Å². The van der Waals surface area contributed by atoms with Crippen molar-refractivity contribution in [3.05, 3.63) is 82.3 Å². The first-order chi connectivity index (χ1) is 13.5. The topological polar surface area (TPSA) is 63.7 Å². The Labute approximate surface area is 169 Å². The molecule has 1 heterocycles. The molecule has 0 atom stereocenters. The average molecular weight is 436 g/mol. The fraction of sp³-hybridized carbons (Fsp3) is 0.0455. The van der Waals surface area contributed by atoms with E-state index in [-0.39, 0.29) is 11.1 Å². The van der Waals surface area contributed by atoms with Crippen LogP contribution in [0.5, 0.6) is 0 Å². The monoisotopic (exact) mass is 435 g/mol. The summed E-state index contributed by atoms with van der Waals surface area (Å²) in [6.07, 6.45) is 0. The van der Waals surface area contributed by atoms with Gasteiger partial charge < -0.3 is 4.84 Å². The summed E-state index contributed by atoms with van der Waals surface area (Å²) in [5.41, 5.74) is 1.56. The summed E-state index contributed by atoms with van der Waals surface area (Å²) in [4.78, 5) is 42.6. The number of rotatable bonds is 3. The lowest BCUT2D eigenvalue weighted by Gasteiger charge is -2.12. The van der Waals surface area contributed by atoms with Crippen LogP contribution in [0, 0.1) is 0 Å². The fourth-order valence-corrected chi connectivity index (χ4v) is 3.81. The molecule has 0 saturated heterocycles. The SMILES string of the molecule is CC(=O)ON1C(=O)C(c2ccccc2Br)=C(c2cccc3ccccc23)C1=O. The number of halogens is 1. The summed E-state index contributed by atoms with van der Waals surface area (Å²) >= 11 is 3.45. The standard InChI is InChI=1S/C22H14BrNO4/c1-13(25)28-24-21(26)19(16-11-6-8-14-7-2-3-9-15(14)16)20(22(24)27)17-10-4-5-12-18(17)23/h2-12H,1H3. The highest BCUT2D eigenvalue weighted by molar-refractivity contribution is 9.10. The average Bonchev–Trinajstić information content (AvgIpc) is 2.92. The second-order valence-corrected chi connectivity index (χ2v) is 7.10. The summed E-state index contributed by atoms with van der Waals surface area (Å²) in [6, 6.07) is 20.3. The minimum absolute atomic E-state index is 0.190. The molecule has 6 heteroatoms. The van der Waals surface area contributed by atoms with Crippen LogP contribution in [0.1, 0.15) is 18.1 Å². The van der Waals surface area contributed by atoms with Gasteiger partial charge in [0.25, 0.3) is 11.8 Å². The van der Waals surface area contributed by atoms with Crippen molar-refractivity contribution in [2.45, 2.75) is 6.92 Å². The van der Waals surface area contributed by atoms with Crippen molar-refractivity contribution < 1.29 is 19.2 Å². The molecular weight excluding hydrogens is 422 g/mol. The molecule has 2 amide bonds. The van der Waals surface area contributed by atoms with Gasteiger partial charge in [-0.3, -0.25) is 9.59 Å². The van der Waals surface area contributed by atoms with Crippen molar-refractivity contribution in [2.75, 3.05) is 0 Å². The summed E-state index contributed by atoms with van der Waals surface area (Å²) in [6.45, 7) is 1.15. The number of carbonyl (C=O) groups excluding carboxylic acids is 3. The van der Waals surface area contributed by atoms with Crippen LogP contribution in [0.3, 0.4) is 0 Å². The Kier molecular flexibility index (Phi) is 4.57. The molecule has 0 fully saturated rings. The molecule has 0 N–H and O–H groups in total. The molecule has 1 aliphatic heterocycles. The molecule has 5 nitrogen and oxygen atoms in total. The van der Waals surface area contributed by atoms with E-state index in [9.17, 15) is 14.4 Å². The molecule has 0 radical (unpaired) electrons. The van der Waals surface area contributed by atoms with E-state index in [1.165, 1.54) is 0 Å². The highest BCUT2D eigenvalue weighted by Crippen LogP contribution is 2.40. The van der Waals surface area contributed by atoms with Crippen LogP contribution in [0.15, 0.2) is 71.2 Å². The van der Waals surface area contributed by atoms with Gasteiger partial charge >= 0.3 is 5.97 Å². The number of amides is 2. The lowest BCUT2D eigenvalue weighted by molar-refractivity contribution is -0.193. The third kappa shape index (κ3) is 2.92. The summed E-state index contributed by atoms with van der Waals surface area (Å²) < 4.78 is 0.661. The predicted octanol–water partition coefficient (Wildman–Crippen LogP) is 4.36. The maximum absolute atomic E-state index is 13.1. The van der Waals surface area contributed by atoms with E-state index in [1.807, 2.05) is 42.5 Å². The molecule has 0 spiro atoms. The van der Waals surface area contributed by atoms with Crippen LogP contribution in [0.2, 0.25) is 0 Å². The van der Waals surface area contributed by atoms with Gasteiger partial charge in [-0.15, -0.1) is 0 Å². The Morgan fingerprint density at radius 3 is 2.11 bits per heavy atom. The number of nitrogens with zero attached hydrogens (tertiary/aromatic N) is 1. The molecule has 1 aliphatic rings. The van der Waals surface area contributed by atoms with Crippen LogP contribution in [0.4, 0.5) is 0 Å². The van der Waals surface area contributed by atoms with Gasteiger partial charge in [0.2, 0.25) is 0 Å². The van der Waals surface area contributed by atoms with Gasteiger partial charge in [-0.25, -0.2) is 4.79 Å². The summed E-state index contributed by atoms with van der Waals surface area (Å²) in [7, 11) is 0. The second-order valence-electron chi connectivity index (χ2n) is 6.24.